The van der Waals surface area contributed by atoms with Crippen LogP contribution in [0.4, 0.5) is 0 Å². The summed E-state index contributed by atoms with van der Waals surface area (Å²) < 4.78 is 5.73. The molecule has 29 heavy (non-hydrogen) atoms. The Balaban J connectivity index is 0.00000420. The first kappa shape index (κ1) is 26.2. The van der Waals surface area contributed by atoms with Gasteiger partial charge in [0, 0.05) is 18.3 Å². The number of thioether (sulfide) groups is 1. The third kappa shape index (κ3) is 8.44. The van der Waals surface area contributed by atoms with Crippen molar-refractivity contribution in [3.05, 3.63) is 5.89 Å². The molecule has 1 saturated carbocycles. The number of carbonyl (C=O) groups is 1. The molecule has 1 N–H and O–H groups in total. The lowest BCUT2D eigenvalue weighted by Crippen LogP contribution is -2.46. The Bertz CT molecular complexity index is 580. The number of aromatic nitrogens is 2. The third-order valence-electron chi connectivity index (χ3n) is 5.27. The summed E-state index contributed by atoms with van der Waals surface area (Å²) >= 11 is 1.48. The topological polar surface area (TPSA) is 82.7 Å². The first-order chi connectivity index (χ1) is 13.4. The van der Waals surface area contributed by atoms with Crippen molar-refractivity contribution in [2.24, 2.45) is 5.92 Å². The summed E-state index contributed by atoms with van der Waals surface area (Å²) in [5.41, 5.74) is 0. The van der Waals surface area contributed by atoms with Gasteiger partial charge in [-0.2, -0.15) is 0 Å². The number of rotatable bonds is 11. The molecule has 1 fully saturated rings. The summed E-state index contributed by atoms with van der Waals surface area (Å²) in [6.45, 7) is 5.11. The van der Waals surface area contributed by atoms with E-state index in [1.54, 1.807) is 0 Å². The van der Waals surface area contributed by atoms with Crippen LogP contribution in [0, 0.1) is 5.92 Å². The van der Waals surface area contributed by atoms with Gasteiger partial charge in [-0.3, -0.25) is 4.79 Å². The standard InChI is InChI=1S/C20H36N4O3S.ClH/c1-15(2)13-17(24(14-25)16-9-7-5-6-8-10-16)18(26)19-21-22-20(27-19)28-12-11-23(3)4;/h14-18,26H,5-13H2,1-4H3;1H. The van der Waals surface area contributed by atoms with Crippen LogP contribution in [-0.2, 0) is 4.79 Å². The molecule has 2 atom stereocenters. The van der Waals surface area contributed by atoms with Gasteiger partial charge in [-0.15, -0.1) is 22.6 Å². The molecule has 168 valence electrons. The first-order valence-electron chi connectivity index (χ1n) is 10.4. The normalized spacial score (nSPS) is 17.6. The molecule has 7 nitrogen and oxygen atoms in total. The lowest BCUT2D eigenvalue weighted by molar-refractivity contribution is -0.127. The van der Waals surface area contributed by atoms with Crippen LogP contribution in [0.2, 0.25) is 0 Å². The summed E-state index contributed by atoms with van der Waals surface area (Å²) in [5, 5.41) is 19.7. The maximum Gasteiger partial charge on any atom is 0.276 e. The fourth-order valence-electron chi connectivity index (χ4n) is 3.77. The van der Waals surface area contributed by atoms with E-state index in [-0.39, 0.29) is 30.4 Å². The van der Waals surface area contributed by atoms with Gasteiger partial charge in [0.05, 0.1) is 6.04 Å². The molecule has 0 aliphatic heterocycles. The Labute approximate surface area is 185 Å². The predicted molar refractivity (Wildman–Crippen MR) is 118 cm³/mol. The quantitative estimate of drug-likeness (QED) is 0.313. The molecule has 0 radical (unpaired) electrons. The molecule has 1 heterocycles. The highest BCUT2D eigenvalue weighted by molar-refractivity contribution is 7.99. The Morgan fingerprint density at radius 3 is 2.41 bits per heavy atom. The SMILES string of the molecule is CC(C)CC(C(O)c1nnc(SCCN(C)C)o1)N(C=O)C1CCCCCC1.Cl. The summed E-state index contributed by atoms with van der Waals surface area (Å²) in [4.78, 5) is 15.9. The number of hydrogen-bond acceptors (Lipinski definition) is 7. The van der Waals surface area contributed by atoms with Crippen LogP contribution in [0.3, 0.4) is 0 Å². The zero-order valence-corrected chi connectivity index (χ0v) is 19.8. The average molecular weight is 449 g/mol. The van der Waals surface area contributed by atoms with Crippen LogP contribution in [0.5, 0.6) is 0 Å². The second-order valence-electron chi connectivity index (χ2n) is 8.40. The van der Waals surface area contributed by atoms with E-state index in [0.717, 1.165) is 44.4 Å². The fraction of sp³-hybridized carbons (Fsp3) is 0.850. The molecule has 1 amide bonds. The van der Waals surface area contributed by atoms with Gasteiger partial charge in [0.2, 0.25) is 12.3 Å². The maximum atomic E-state index is 12.0. The highest BCUT2D eigenvalue weighted by Crippen LogP contribution is 2.31. The van der Waals surface area contributed by atoms with Crippen molar-refractivity contribution in [3.8, 4) is 0 Å². The molecule has 1 aromatic rings. The lowest BCUT2D eigenvalue weighted by Gasteiger charge is -2.37. The molecule has 0 saturated heterocycles. The Kier molecular flexibility index (Phi) is 12.2. The predicted octanol–water partition coefficient (Wildman–Crippen LogP) is 3.77. The molecule has 2 unspecified atom stereocenters. The molecular formula is C20H37ClN4O3S. The van der Waals surface area contributed by atoms with Crippen molar-refractivity contribution in [2.75, 3.05) is 26.4 Å². The average Bonchev–Trinajstić information content (AvgIpc) is 2.95. The number of aliphatic hydroxyl groups is 1. The van der Waals surface area contributed by atoms with Crippen molar-refractivity contribution in [3.63, 3.8) is 0 Å². The van der Waals surface area contributed by atoms with Crippen LogP contribution >= 0.6 is 24.2 Å². The van der Waals surface area contributed by atoms with Crippen LogP contribution in [0.15, 0.2) is 9.64 Å². The monoisotopic (exact) mass is 448 g/mol. The summed E-state index contributed by atoms with van der Waals surface area (Å²) in [5.74, 6) is 1.38. The first-order valence-corrected chi connectivity index (χ1v) is 11.4. The van der Waals surface area contributed by atoms with Gasteiger partial charge < -0.3 is 19.3 Å². The van der Waals surface area contributed by atoms with E-state index >= 15 is 0 Å². The molecule has 9 heteroatoms. The Morgan fingerprint density at radius 2 is 1.86 bits per heavy atom. The van der Waals surface area contributed by atoms with E-state index in [1.807, 2.05) is 19.0 Å². The second-order valence-corrected chi connectivity index (χ2v) is 9.44. The number of nitrogens with zero attached hydrogens (tertiary/aromatic N) is 4. The summed E-state index contributed by atoms with van der Waals surface area (Å²) in [7, 11) is 4.03. The van der Waals surface area contributed by atoms with Crippen LogP contribution in [0.1, 0.15) is 70.8 Å². The van der Waals surface area contributed by atoms with Gasteiger partial charge in [0.15, 0.2) is 6.10 Å². The van der Waals surface area contributed by atoms with E-state index in [4.69, 9.17) is 4.42 Å². The molecule has 0 spiro atoms. The molecule has 1 aromatic heterocycles. The van der Waals surface area contributed by atoms with Gasteiger partial charge in [-0.05, 0) is 39.3 Å². The van der Waals surface area contributed by atoms with Gasteiger partial charge in [-0.1, -0.05) is 51.3 Å². The van der Waals surface area contributed by atoms with Gasteiger partial charge in [0.1, 0.15) is 0 Å². The molecule has 2 rings (SSSR count). The van der Waals surface area contributed by atoms with Crippen molar-refractivity contribution < 1.29 is 14.3 Å². The number of aliphatic hydroxyl groups excluding tert-OH is 1. The van der Waals surface area contributed by atoms with E-state index in [9.17, 15) is 9.90 Å². The lowest BCUT2D eigenvalue weighted by atomic mass is 9.95. The van der Waals surface area contributed by atoms with Crippen molar-refractivity contribution in [1.82, 2.24) is 20.0 Å². The van der Waals surface area contributed by atoms with E-state index in [2.05, 4.69) is 28.9 Å². The highest BCUT2D eigenvalue weighted by Gasteiger charge is 2.35. The fourth-order valence-corrected chi connectivity index (χ4v) is 4.64. The van der Waals surface area contributed by atoms with Gasteiger partial charge >= 0.3 is 0 Å². The van der Waals surface area contributed by atoms with Gasteiger partial charge in [-0.25, -0.2) is 0 Å². The van der Waals surface area contributed by atoms with Crippen molar-refractivity contribution >= 4 is 30.6 Å². The number of halogens is 1. The second kappa shape index (κ2) is 13.5. The molecular weight excluding hydrogens is 412 g/mol. The zero-order chi connectivity index (χ0) is 20.5. The smallest absolute Gasteiger partial charge is 0.276 e. The van der Waals surface area contributed by atoms with E-state index in [0.29, 0.717) is 17.6 Å². The Morgan fingerprint density at radius 1 is 1.21 bits per heavy atom. The van der Waals surface area contributed by atoms with Crippen LogP contribution in [-0.4, -0.2) is 70.0 Å². The Hall–Kier alpha value is -0.830. The van der Waals surface area contributed by atoms with Crippen LogP contribution in [0.25, 0.3) is 0 Å². The molecule has 0 bridgehead atoms. The molecule has 1 aliphatic rings. The zero-order valence-electron chi connectivity index (χ0n) is 18.1. The minimum absolute atomic E-state index is 0. The molecule has 0 aromatic carbocycles. The van der Waals surface area contributed by atoms with Crippen molar-refractivity contribution in [1.29, 1.82) is 0 Å². The minimum atomic E-state index is -0.966. The number of amides is 1. The number of hydrogen-bond donors (Lipinski definition) is 1. The van der Waals surface area contributed by atoms with Crippen LogP contribution < -0.4 is 0 Å². The minimum Gasteiger partial charge on any atom is -0.413 e. The van der Waals surface area contributed by atoms with E-state index < -0.39 is 6.10 Å². The third-order valence-corrected chi connectivity index (χ3v) is 6.07. The summed E-state index contributed by atoms with van der Waals surface area (Å²) in [6.07, 6.45) is 7.34. The van der Waals surface area contributed by atoms with Crippen molar-refractivity contribution in [2.45, 2.75) is 82.2 Å². The largest absolute Gasteiger partial charge is 0.413 e. The maximum absolute atomic E-state index is 12.0. The van der Waals surface area contributed by atoms with Gasteiger partial charge in [0.25, 0.3) is 5.22 Å². The summed E-state index contributed by atoms with van der Waals surface area (Å²) in [6, 6.07) is -0.170. The number of carbonyl (C=O) groups excluding carboxylic acids is 1. The highest BCUT2D eigenvalue weighted by atomic mass is 35.5. The molecule has 1 aliphatic carbocycles. The van der Waals surface area contributed by atoms with E-state index in [1.165, 1.54) is 24.6 Å².